The Balaban J connectivity index is 1.67. The van der Waals surface area contributed by atoms with Crippen molar-refractivity contribution in [2.24, 2.45) is 0 Å². The van der Waals surface area contributed by atoms with Crippen molar-refractivity contribution < 1.29 is 17.6 Å². The van der Waals surface area contributed by atoms with E-state index < -0.39 is 24.0 Å². The molecule has 3 aromatic rings. The van der Waals surface area contributed by atoms with Crippen molar-refractivity contribution in [1.29, 1.82) is 0 Å². The number of aryl methyl sites for hydroxylation is 1. The van der Waals surface area contributed by atoms with E-state index in [9.17, 15) is 17.6 Å². The van der Waals surface area contributed by atoms with Crippen LogP contribution in [0.2, 0.25) is 0 Å². The van der Waals surface area contributed by atoms with Gasteiger partial charge in [0, 0.05) is 18.5 Å². The molecular formula is C21H21F4N5. The van der Waals surface area contributed by atoms with Gasteiger partial charge in [0.05, 0.1) is 34.7 Å². The number of pyridine rings is 1. The summed E-state index contributed by atoms with van der Waals surface area (Å²) in [6.07, 6.45) is -3.11. The monoisotopic (exact) mass is 419 g/mol. The van der Waals surface area contributed by atoms with Crippen molar-refractivity contribution in [3.63, 3.8) is 0 Å². The average Bonchev–Trinajstić information content (AvgIpc) is 3.15. The fourth-order valence-electron chi connectivity index (χ4n) is 3.65. The maximum atomic E-state index is 13.6. The second-order valence-corrected chi connectivity index (χ2v) is 7.54. The Bertz CT molecular complexity index is 1070. The molecule has 9 heteroatoms. The highest BCUT2D eigenvalue weighted by Crippen LogP contribution is 2.33. The van der Waals surface area contributed by atoms with Gasteiger partial charge in [0.25, 0.3) is 0 Å². The molecule has 0 aliphatic carbocycles. The largest absolute Gasteiger partial charge is 0.416 e. The van der Waals surface area contributed by atoms with Crippen molar-refractivity contribution in [1.82, 2.24) is 15.2 Å². The number of anilines is 2. The van der Waals surface area contributed by atoms with E-state index in [-0.39, 0.29) is 0 Å². The van der Waals surface area contributed by atoms with Crippen LogP contribution in [-0.2, 0) is 6.18 Å². The smallest absolute Gasteiger partial charge is 0.367 e. The summed E-state index contributed by atoms with van der Waals surface area (Å²) in [5.41, 5.74) is 1.84. The van der Waals surface area contributed by atoms with E-state index in [1.807, 2.05) is 11.0 Å². The van der Waals surface area contributed by atoms with Gasteiger partial charge in [-0.1, -0.05) is 12.1 Å². The van der Waals surface area contributed by atoms with Gasteiger partial charge in [-0.15, -0.1) is 5.10 Å². The summed E-state index contributed by atoms with van der Waals surface area (Å²) in [7, 11) is 0. The van der Waals surface area contributed by atoms with Gasteiger partial charge in [0.15, 0.2) is 5.82 Å². The SMILES string of the molecule is Cc1nnc(N[C@H](C)c2cccc(C(F)(F)F)c2)c2cc(N3CC[C@@H](F)C3)cnc12. The van der Waals surface area contributed by atoms with Gasteiger partial charge < -0.3 is 10.2 Å². The zero-order valence-electron chi connectivity index (χ0n) is 16.5. The van der Waals surface area contributed by atoms with E-state index in [1.54, 1.807) is 26.1 Å². The summed E-state index contributed by atoms with van der Waals surface area (Å²) in [6, 6.07) is 6.61. The average molecular weight is 419 g/mol. The Kier molecular flexibility index (Phi) is 5.21. The standard InChI is InChI=1S/C21H21F4N5/c1-12(14-4-3-5-15(8-14)21(23,24)25)27-20-18-9-17(30-7-6-16(22)11-30)10-26-19(18)13(2)28-29-20/h3-5,8-10,12,16H,6-7,11H2,1-2H3,(H,27,29)/t12-,16-/m1/s1. The predicted molar refractivity (Wildman–Crippen MR) is 107 cm³/mol. The Hall–Kier alpha value is -2.97. The van der Waals surface area contributed by atoms with E-state index >= 15 is 0 Å². The van der Waals surface area contributed by atoms with Crippen LogP contribution in [0.3, 0.4) is 0 Å². The van der Waals surface area contributed by atoms with Gasteiger partial charge in [-0.3, -0.25) is 4.98 Å². The highest BCUT2D eigenvalue weighted by Gasteiger charge is 2.30. The lowest BCUT2D eigenvalue weighted by Crippen LogP contribution is -2.20. The molecule has 1 N–H and O–H groups in total. The Labute approximate surface area is 171 Å². The van der Waals surface area contributed by atoms with Crippen molar-refractivity contribution in [3.8, 4) is 0 Å². The molecular weight excluding hydrogens is 398 g/mol. The first kappa shape index (κ1) is 20.3. The third-order valence-electron chi connectivity index (χ3n) is 5.33. The van der Waals surface area contributed by atoms with Crippen LogP contribution in [0, 0.1) is 6.92 Å². The molecule has 2 atom stereocenters. The highest BCUT2D eigenvalue weighted by atomic mass is 19.4. The molecule has 5 nitrogen and oxygen atoms in total. The first-order chi connectivity index (χ1) is 14.2. The summed E-state index contributed by atoms with van der Waals surface area (Å²) in [4.78, 5) is 6.41. The highest BCUT2D eigenvalue weighted by molar-refractivity contribution is 5.92. The summed E-state index contributed by atoms with van der Waals surface area (Å²) in [5, 5.41) is 12.2. The van der Waals surface area contributed by atoms with E-state index in [0.29, 0.717) is 47.5 Å². The molecule has 1 aliphatic rings. The third kappa shape index (κ3) is 4.01. The van der Waals surface area contributed by atoms with Gasteiger partial charge >= 0.3 is 6.18 Å². The van der Waals surface area contributed by atoms with Crippen LogP contribution < -0.4 is 10.2 Å². The number of benzene rings is 1. The maximum absolute atomic E-state index is 13.6. The predicted octanol–water partition coefficient (Wildman–Crippen LogP) is 5.07. The number of hydrogen-bond acceptors (Lipinski definition) is 5. The third-order valence-corrected chi connectivity index (χ3v) is 5.33. The van der Waals surface area contributed by atoms with E-state index in [4.69, 9.17) is 0 Å². The van der Waals surface area contributed by atoms with Crippen LogP contribution in [-0.4, -0.2) is 34.4 Å². The normalized spacial score (nSPS) is 18.1. The van der Waals surface area contributed by atoms with E-state index in [2.05, 4.69) is 20.5 Å². The van der Waals surface area contributed by atoms with Gasteiger partial charge in [-0.25, -0.2) is 4.39 Å². The molecule has 0 spiro atoms. The fraction of sp³-hybridized carbons (Fsp3) is 0.381. The van der Waals surface area contributed by atoms with Crippen LogP contribution in [0.15, 0.2) is 36.5 Å². The number of halogens is 4. The Morgan fingerprint density at radius 3 is 2.70 bits per heavy atom. The first-order valence-electron chi connectivity index (χ1n) is 9.68. The number of alkyl halides is 4. The second kappa shape index (κ2) is 7.70. The lowest BCUT2D eigenvalue weighted by molar-refractivity contribution is -0.137. The lowest BCUT2D eigenvalue weighted by Gasteiger charge is -2.20. The molecule has 1 saturated heterocycles. The number of rotatable bonds is 4. The number of fused-ring (bicyclic) bond motifs is 1. The summed E-state index contributed by atoms with van der Waals surface area (Å²) >= 11 is 0. The Morgan fingerprint density at radius 1 is 1.20 bits per heavy atom. The second-order valence-electron chi connectivity index (χ2n) is 7.54. The lowest BCUT2D eigenvalue weighted by atomic mass is 10.0. The minimum atomic E-state index is -4.41. The molecule has 0 saturated carbocycles. The van der Waals surface area contributed by atoms with Crippen LogP contribution >= 0.6 is 0 Å². The molecule has 1 aliphatic heterocycles. The molecule has 0 radical (unpaired) electrons. The van der Waals surface area contributed by atoms with Crippen molar-refractivity contribution >= 4 is 22.4 Å². The molecule has 158 valence electrons. The molecule has 1 aromatic carbocycles. The van der Waals surface area contributed by atoms with Gasteiger partial charge in [-0.2, -0.15) is 18.3 Å². The minimum absolute atomic E-state index is 0.314. The first-order valence-corrected chi connectivity index (χ1v) is 9.68. The molecule has 0 bridgehead atoms. The van der Waals surface area contributed by atoms with Crippen LogP contribution in [0.5, 0.6) is 0 Å². The van der Waals surface area contributed by atoms with Crippen molar-refractivity contribution in [2.45, 2.75) is 38.7 Å². The summed E-state index contributed by atoms with van der Waals surface area (Å²) in [5.74, 6) is 0.422. The number of nitrogens with zero attached hydrogens (tertiary/aromatic N) is 4. The Morgan fingerprint density at radius 2 is 2.00 bits per heavy atom. The zero-order chi connectivity index (χ0) is 21.5. The maximum Gasteiger partial charge on any atom is 0.416 e. The van der Waals surface area contributed by atoms with Gasteiger partial charge in [0.1, 0.15) is 6.17 Å². The van der Waals surface area contributed by atoms with Crippen LogP contribution in [0.1, 0.15) is 36.2 Å². The number of hydrogen-bond donors (Lipinski definition) is 1. The van der Waals surface area contributed by atoms with Gasteiger partial charge in [-0.05, 0) is 44.0 Å². The zero-order valence-corrected chi connectivity index (χ0v) is 16.5. The molecule has 3 heterocycles. The summed E-state index contributed by atoms with van der Waals surface area (Å²) in [6.45, 7) is 4.47. The fourth-order valence-corrected chi connectivity index (χ4v) is 3.65. The van der Waals surface area contributed by atoms with Crippen molar-refractivity contribution in [2.75, 3.05) is 23.3 Å². The quantitative estimate of drug-likeness (QED) is 0.598. The molecule has 1 fully saturated rings. The number of nitrogens with one attached hydrogen (secondary N) is 1. The molecule has 0 unspecified atom stereocenters. The molecule has 4 rings (SSSR count). The van der Waals surface area contributed by atoms with E-state index in [1.165, 1.54) is 6.07 Å². The number of aromatic nitrogens is 3. The topological polar surface area (TPSA) is 53.9 Å². The molecule has 0 amide bonds. The molecule has 2 aromatic heterocycles. The van der Waals surface area contributed by atoms with Gasteiger partial charge in [0.2, 0.25) is 0 Å². The van der Waals surface area contributed by atoms with Crippen molar-refractivity contribution in [3.05, 3.63) is 53.3 Å². The van der Waals surface area contributed by atoms with Crippen LogP contribution in [0.4, 0.5) is 29.1 Å². The summed E-state index contributed by atoms with van der Waals surface area (Å²) < 4.78 is 52.8. The molecule has 30 heavy (non-hydrogen) atoms. The van der Waals surface area contributed by atoms with E-state index in [0.717, 1.165) is 17.8 Å². The van der Waals surface area contributed by atoms with Crippen LogP contribution in [0.25, 0.3) is 10.9 Å². The minimum Gasteiger partial charge on any atom is -0.367 e.